The standard InChI is InChI=1S/C29H38N4O2/c1-18(2)28-25-15-22(5-6-26(25)31-29(28)23-13-19(3)30-20(4)14-23)21-7-10-32(11-8-21)17-27(35)33-12-9-24(34)16-33/h5-6,13-15,18,21,24,31,34H,7-12,16-17H2,1-4H3. The molecule has 5 rings (SSSR count). The van der Waals surface area contributed by atoms with E-state index in [0.717, 1.165) is 37.3 Å². The predicted molar refractivity (Wildman–Crippen MR) is 141 cm³/mol. The topological polar surface area (TPSA) is 72.5 Å². The number of benzene rings is 1. The largest absolute Gasteiger partial charge is 0.391 e. The molecule has 3 aromatic rings. The summed E-state index contributed by atoms with van der Waals surface area (Å²) >= 11 is 0. The predicted octanol–water partition coefficient (Wildman–Crippen LogP) is 4.74. The molecule has 6 heteroatoms. The number of aliphatic hydroxyl groups excluding tert-OH is 1. The molecular formula is C29H38N4O2. The summed E-state index contributed by atoms with van der Waals surface area (Å²) in [5, 5.41) is 11.0. The number of hydrogen-bond acceptors (Lipinski definition) is 4. The summed E-state index contributed by atoms with van der Waals surface area (Å²) in [4.78, 5) is 24.9. The summed E-state index contributed by atoms with van der Waals surface area (Å²) in [5.41, 5.74) is 8.47. The number of aromatic nitrogens is 2. The number of carbonyl (C=O) groups is 1. The average Bonchev–Trinajstić information content (AvgIpc) is 3.42. The number of rotatable bonds is 5. The lowest BCUT2D eigenvalue weighted by Crippen LogP contribution is -2.42. The molecule has 0 bridgehead atoms. The zero-order valence-corrected chi connectivity index (χ0v) is 21.5. The second kappa shape index (κ2) is 9.75. The Balaban J connectivity index is 1.33. The highest BCUT2D eigenvalue weighted by Crippen LogP contribution is 2.38. The van der Waals surface area contributed by atoms with Gasteiger partial charge in [-0.25, -0.2) is 0 Å². The van der Waals surface area contributed by atoms with E-state index in [4.69, 9.17) is 0 Å². The molecule has 186 valence electrons. The van der Waals surface area contributed by atoms with Crippen molar-refractivity contribution in [2.24, 2.45) is 0 Å². The Kier molecular flexibility index (Phi) is 6.69. The van der Waals surface area contributed by atoms with Crippen molar-refractivity contribution in [2.45, 2.75) is 64.9 Å². The third-order valence-corrected chi connectivity index (χ3v) is 7.74. The Hall–Kier alpha value is -2.70. The molecule has 0 spiro atoms. The van der Waals surface area contributed by atoms with E-state index >= 15 is 0 Å². The summed E-state index contributed by atoms with van der Waals surface area (Å²) < 4.78 is 0. The van der Waals surface area contributed by atoms with Gasteiger partial charge in [-0.3, -0.25) is 14.7 Å². The fourth-order valence-electron chi connectivity index (χ4n) is 5.97. The maximum atomic E-state index is 12.6. The molecule has 1 unspecified atom stereocenters. The summed E-state index contributed by atoms with van der Waals surface area (Å²) in [5.74, 6) is 1.08. The molecule has 1 aromatic carbocycles. The van der Waals surface area contributed by atoms with E-state index < -0.39 is 0 Å². The first kappa shape index (κ1) is 24.0. The van der Waals surface area contributed by atoms with Gasteiger partial charge in [0.2, 0.25) is 5.91 Å². The van der Waals surface area contributed by atoms with E-state index in [2.05, 4.69) is 72.9 Å². The van der Waals surface area contributed by atoms with E-state index in [-0.39, 0.29) is 12.0 Å². The number of amides is 1. The maximum absolute atomic E-state index is 12.6. The number of pyridine rings is 1. The number of piperidine rings is 1. The molecule has 2 aliphatic rings. The quantitative estimate of drug-likeness (QED) is 0.560. The number of likely N-dealkylation sites (tertiary alicyclic amines) is 2. The molecule has 2 saturated heterocycles. The molecule has 0 aliphatic carbocycles. The molecule has 2 fully saturated rings. The summed E-state index contributed by atoms with van der Waals surface area (Å²) in [6.45, 7) is 12.2. The van der Waals surface area contributed by atoms with Crippen LogP contribution in [-0.4, -0.2) is 69.6 Å². The molecule has 2 aromatic heterocycles. The number of β-amino-alcohol motifs (C(OH)–C–C–N with tert-alkyl or cyclic N) is 1. The Bertz CT molecular complexity index is 1200. The van der Waals surface area contributed by atoms with Crippen molar-refractivity contribution < 1.29 is 9.90 Å². The van der Waals surface area contributed by atoms with Gasteiger partial charge in [-0.2, -0.15) is 0 Å². The number of fused-ring (bicyclic) bond motifs is 1. The Labute approximate surface area is 208 Å². The molecule has 2 N–H and O–H groups in total. The zero-order chi connectivity index (χ0) is 24.7. The van der Waals surface area contributed by atoms with Crippen LogP contribution in [0, 0.1) is 13.8 Å². The molecular weight excluding hydrogens is 436 g/mol. The zero-order valence-electron chi connectivity index (χ0n) is 21.5. The molecule has 1 amide bonds. The first-order chi connectivity index (χ1) is 16.8. The third-order valence-electron chi connectivity index (χ3n) is 7.74. The van der Waals surface area contributed by atoms with Crippen molar-refractivity contribution in [2.75, 3.05) is 32.7 Å². The highest BCUT2D eigenvalue weighted by molar-refractivity contribution is 5.92. The van der Waals surface area contributed by atoms with Crippen molar-refractivity contribution in [1.29, 1.82) is 0 Å². The van der Waals surface area contributed by atoms with Crippen molar-refractivity contribution >= 4 is 16.8 Å². The van der Waals surface area contributed by atoms with Crippen molar-refractivity contribution in [3.63, 3.8) is 0 Å². The van der Waals surface area contributed by atoms with Crippen LogP contribution in [0.2, 0.25) is 0 Å². The van der Waals surface area contributed by atoms with Gasteiger partial charge >= 0.3 is 0 Å². The van der Waals surface area contributed by atoms with Crippen LogP contribution in [0.1, 0.15) is 67.5 Å². The molecule has 4 heterocycles. The number of aliphatic hydroxyl groups is 1. The van der Waals surface area contributed by atoms with Crippen LogP contribution in [0.4, 0.5) is 0 Å². The summed E-state index contributed by atoms with van der Waals surface area (Å²) in [7, 11) is 0. The van der Waals surface area contributed by atoms with Crippen LogP contribution >= 0.6 is 0 Å². The molecule has 0 saturated carbocycles. The van der Waals surface area contributed by atoms with Gasteiger partial charge in [-0.05, 0) is 93.4 Å². The maximum Gasteiger partial charge on any atom is 0.236 e. The van der Waals surface area contributed by atoms with Crippen molar-refractivity contribution in [3.05, 3.63) is 52.8 Å². The van der Waals surface area contributed by atoms with Gasteiger partial charge in [0.1, 0.15) is 0 Å². The normalized spacial score (nSPS) is 19.8. The Morgan fingerprint density at radius 3 is 2.43 bits per heavy atom. The fraction of sp³-hybridized carbons (Fsp3) is 0.517. The lowest BCUT2D eigenvalue weighted by atomic mass is 9.87. The highest BCUT2D eigenvalue weighted by Gasteiger charge is 2.28. The smallest absolute Gasteiger partial charge is 0.236 e. The first-order valence-electron chi connectivity index (χ1n) is 13.1. The van der Waals surface area contributed by atoms with Gasteiger partial charge in [0, 0.05) is 40.9 Å². The van der Waals surface area contributed by atoms with Crippen LogP contribution < -0.4 is 0 Å². The molecule has 0 radical (unpaired) electrons. The SMILES string of the molecule is Cc1cc(-c2[nH]c3ccc(C4CCN(CC(=O)N5CCC(O)C5)CC4)cc3c2C(C)C)cc(C)n1. The van der Waals surface area contributed by atoms with E-state index in [1.165, 1.54) is 33.3 Å². The van der Waals surface area contributed by atoms with E-state index in [1.54, 1.807) is 0 Å². The van der Waals surface area contributed by atoms with Gasteiger partial charge < -0.3 is 15.0 Å². The van der Waals surface area contributed by atoms with Crippen molar-refractivity contribution in [3.8, 4) is 11.3 Å². The summed E-state index contributed by atoms with van der Waals surface area (Å²) in [6.07, 6.45) is 2.49. The van der Waals surface area contributed by atoms with Crippen LogP contribution in [0.5, 0.6) is 0 Å². The second-order valence-corrected chi connectivity index (χ2v) is 10.8. The summed E-state index contributed by atoms with van der Waals surface area (Å²) in [6, 6.07) is 11.3. The third kappa shape index (κ3) is 5.00. The van der Waals surface area contributed by atoms with Gasteiger partial charge in [-0.15, -0.1) is 0 Å². The molecule has 2 aliphatic heterocycles. The number of H-pyrrole nitrogens is 1. The number of nitrogens with zero attached hydrogens (tertiary/aromatic N) is 3. The van der Waals surface area contributed by atoms with Crippen LogP contribution in [0.15, 0.2) is 30.3 Å². The molecule has 6 nitrogen and oxygen atoms in total. The minimum Gasteiger partial charge on any atom is -0.391 e. The highest BCUT2D eigenvalue weighted by atomic mass is 16.3. The Morgan fingerprint density at radius 2 is 1.80 bits per heavy atom. The van der Waals surface area contributed by atoms with Gasteiger partial charge in [-0.1, -0.05) is 19.9 Å². The van der Waals surface area contributed by atoms with Crippen LogP contribution in [0.25, 0.3) is 22.2 Å². The van der Waals surface area contributed by atoms with Gasteiger partial charge in [0.05, 0.1) is 18.3 Å². The lowest BCUT2D eigenvalue weighted by Gasteiger charge is -2.32. The fourth-order valence-corrected chi connectivity index (χ4v) is 5.97. The molecule has 35 heavy (non-hydrogen) atoms. The van der Waals surface area contributed by atoms with Crippen LogP contribution in [-0.2, 0) is 4.79 Å². The minimum absolute atomic E-state index is 0.157. The monoisotopic (exact) mass is 474 g/mol. The van der Waals surface area contributed by atoms with E-state index in [0.29, 0.717) is 37.9 Å². The van der Waals surface area contributed by atoms with Crippen molar-refractivity contribution in [1.82, 2.24) is 19.8 Å². The van der Waals surface area contributed by atoms with E-state index in [1.807, 2.05) is 4.90 Å². The van der Waals surface area contributed by atoms with Gasteiger partial charge in [0.25, 0.3) is 0 Å². The number of nitrogens with one attached hydrogen (secondary N) is 1. The van der Waals surface area contributed by atoms with Crippen LogP contribution in [0.3, 0.4) is 0 Å². The Morgan fingerprint density at radius 1 is 1.09 bits per heavy atom. The lowest BCUT2D eigenvalue weighted by molar-refractivity contribution is -0.132. The van der Waals surface area contributed by atoms with Gasteiger partial charge in [0.15, 0.2) is 0 Å². The number of carbonyl (C=O) groups excluding carboxylic acids is 1. The number of hydrogen-bond donors (Lipinski definition) is 2. The number of aryl methyl sites for hydroxylation is 2. The minimum atomic E-state index is -0.351. The van der Waals surface area contributed by atoms with E-state index in [9.17, 15) is 9.90 Å². The number of aromatic amines is 1. The molecule has 1 atom stereocenters. The second-order valence-electron chi connectivity index (χ2n) is 10.8. The first-order valence-corrected chi connectivity index (χ1v) is 13.1. The average molecular weight is 475 g/mol.